The van der Waals surface area contributed by atoms with Crippen LogP contribution in [0.5, 0.6) is 0 Å². The van der Waals surface area contributed by atoms with Gasteiger partial charge in [0.1, 0.15) is 17.3 Å². The Morgan fingerprint density at radius 3 is 2.44 bits per heavy atom. The predicted octanol–water partition coefficient (Wildman–Crippen LogP) is 4.55. The molecule has 3 amide bonds. The number of carbonyl (C=O) groups excluding carboxylic acids is 2. The first kappa shape index (κ1) is 23.4. The number of carboxylic acid groups (broad SMARTS) is 1. The number of H-pyrrole nitrogens is 1. The van der Waals surface area contributed by atoms with Gasteiger partial charge in [0, 0.05) is 24.3 Å². The molecule has 2 aromatic carbocycles. The molecule has 36 heavy (non-hydrogen) atoms. The summed E-state index contributed by atoms with van der Waals surface area (Å²) < 4.78 is 5.53. The Hall–Kier alpha value is -4.34. The van der Waals surface area contributed by atoms with E-state index in [4.69, 9.17) is 4.74 Å². The summed E-state index contributed by atoms with van der Waals surface area (Å²) in [6.07, 6.45) is -0.0397. The fourth-order valence-electron chi connectivity index (χ4n) is 4.57. The number of rotatable bonds is 7. The molecule has 186 valence electrons. The minimum Gasteiger partial charge on any atom is -0.479 e. The van der Waals surface area contributed by atoms with Crippen LogP contribution in [0.4, 0.5) is 21.0 Å². The van der Waals surface area contributed by atoms with E-state index in [0.29, 0.717) is 48.7 Å². The van der Waals surface area contributed by atoms with Crippen LogP contribution >= 0.6 is 0 Å². The van der Waals surface area contributed by atoms with Crippen LogP contribution in [0.25, 0.3) is 11.3 Å². The third kappa shape index (κ3) is 4.15. The lowest BCUT2D eigenvalue weighted by Gasteiger charge is -2.24. The molecule has 1 aromatic heterocycles. The topological polar surface area (TPSA) is 128 Å². The lowest BCUT2D eigenvalue weighted by Crippen LogP contribution is -2.46. The van der Waals surface area contributed by atoms with Crippen LogP contribution in [0, 0.1) is 6.92 Å². The zero-order valence-electron chi connectivity index (χ0n) is 20.0. The monoisotopic (exact) mass is 489 g/mol. The Bertz CT molecular complexity index is 1300. The average molecular weight is 490 g/mol. The van der Waals surface area contributed by atoms with Gasteiger partial charge in [0.25, 0.3) is 0 Å². The highest BCUT2D eigenvalue weighted by Crippen LogP contribution is 2.44. The predicted molar refractivity (Wildman–Crippen MR) is 133 cm³/mol. The molecule has 0 spiro atoms. The number of carbonyl (C=O) groups is 3. The van der Waals surface area contributed by atoms with Crippen molar-refractivity contribution in [2.45, 2.75) is 38.3 Å². The van der Waals surface area contributed by atoms with E-state index < -0.39 is 23.7 Å². The van der Waals surface area contributed by atoms with E-state index >= 15 is 0 Å². The molecule has 0 bridgehead atoms. The summed E-state index contributed by atoms with van der Waals surface area (Å²) in [5.41, 5.74) is 2.97. The van der Waals surface area contributed by atoms with Crippen molar-refractivity contribution in [2.75, 3.05) is 23.3 Å². The summed E-state index contributed by atoms with van der Waals surface area (Å²) in [4.78, 5) is 40.2. The van der Waals surface area contributed by atoms with Crippen LogP contribution in [0.15, 0.2) is 54.6 Å². The Morgan fingerprint density at radius 2 is 1.81 bits per heavy atom. The number of nitrogens with zero attached hydrogens (tertiary/aromatic N) is 3. The van der Waals surface area contributed by atoms with Crippen LogP contribution in [0.2, 0.25) is 0 Å². The number of anilines is 2. The third-order valence-corrected chi connectivity index (χ3v) is 6.83. The first-order valence-electron chi connectivity index (χ1n) is 11.8. The fraction of sp³-hybridized carbons (Fsp3) is 0.308. The second-order valence-corrected chi connectivity index (χ2v) is 9.12. The molecule has 10 nitrogen and oxygen atoms in total. The molecule has 5 rings (SSSR count). The van der Waals surface area contributed by atoms with Gasteiger partial charge >= 0.3 is 18.1 Å². The maximum Gasteiger partial charge on any atom is 0.412 e. The highest BCUT2D eigenvalue weighted by molar-refractivity contribution is 5.99. The number of ether oxygens (including phenoxy) is 1. The molecule has 1 aliphatic carbocycles. The number of aromatic amines is 1. The van der Waals surface area contributed by atoms with Gasteiger partial charge in [-0.25, -0.2) is 14.4 Å². The highest BCUT2D eigenvalue weighted by Gasteiger charge is 2.59. The maximum absolute atomic E-state index is 12.9. The van der Waals surface area contributed by atoms with Crippen LogP contribution < -0.4 is 10.2 Å². The number of nitrogens with one attached hydrogen (secondary N) is 2. The molecular formula is C26H27N5O5. The Labute approximate surface area is 207 Å². The lowest BCUT2D eigenvalue weighted by atomic mass is 10.1. The number of aromatic nitrogens is 2. The lowest BCUT2D eigenvalue weighted by molar-refractivity contribution is -0.143. The second kappa shape index (κ2) is 9.03. The number of benzene rings is 2. The SMILES string of the molecule is Cc1[nH]nc(-c2ccc(N3CCN(C4(C(=O)O)CC4)C3=O)cc2)c1NC(=O)OC(C)c1ccccc1. The highest BCUT2D eigenvalue weighted by atomic mass is 16.6. The van der Waals surface area contributed by atoms with Gasteiger partial charge in [-0.2, -0.15) is 5.10 Å². The van der Waals surface area contributed by atoms with Crippen LogP contribution in [0.1, 0.15) is 37.1 Å². The molecule has 1 saturated heterocycles. The molecule has 2 aliphatic rings. The van der Waals surface area contributed by atoms with Gasteiger partial charge in [-0.1, -0.05) is 42.5 Å². The second-order valence-electron chi connectivity index (χ2n) is 9.12. The number of amides is 3. The first-order chi connectivity index (χ1) is 17.3. The summed E-state index contributed by atoms with van der Waals surface area (Å²) in [5.74, 6) is -0.946. The molecule has 1 saturated carbocycles. The van der Waals surface area contributed by atoms with Crippen molar-refractivity contribution in [2.24, 2.45) is 0 Å². The zero-order chi connectivity index (χ0) is 25.4. The molecule has 10 heteroatoms. The molecule has 3 aromatic rings. The van der Waals surface area contributed by atoms with Crippen molar-refractivity contribution < 1.29 is 24.2 Å². The van der Waals surface area contributed by atoms with Gasteiger partial charge in [0.2, 0.25) is 0 Å². The Kier molecular flexibility index (Phi) is 5.87. The number of hydrogen-bond acceptors (Lipinski definition) is 5. The molecular weight excluding hydrogens is 462 g/mol. The number of hydrogen-bond donors (Lipinski definition) is 3. The minimum absolute atomic E-state index is 0.295. The third-order valence-electron chi connectivity index (χ3n) is 6.83. The van der Waals surface area contributed by atoms with Crippen molar-refractivity contribution in [1.82, 2.24) is 15.1 Å². The van der Waals surface area contributed by atoms with Crippen molar-refractivity contribution in [3.05, 3.63) is 65.9 Å². The molecule has 3 N–H and O–H groups in total. The van der Waals surface area contributed by atoms with Crippen molar-refractivity contribution >= 4 is 29.5 Å². The average Bonchev–Trinajstić information content (AvgIpc) is 3.49. The fourth-order valence-corrected chi connectivity index (χ4v) is 4.57. The van der Waals surface area contributed by atoms with Crippen molar-refractivity contribution in [3.63, 3.8) is 0 Å². The number of urea groups is 1. The van der Waals surface area contributed by atoms with Gasteiger partial charge in [-0.15, -0.1) is 0 Å². The Balaban J connectivity index is 1.29. The molecule has 2 heterocycles. The summed E-state index contributed by atoms with van der Waals surface area (Å²) >= 11 is 0. The van der Waals surface area contributed by atoms with Gasteiger partial charge in [-0.05, 0) is 44.4 Å². The van der Waals surface area contributed by atoms with Gasteiger partial charge in [0.15, 0.2) is 0 Å². The number of aryl methyl sites for hydroxylation is 1. The molecule has 0 radical (unpaired) electrons. The van der Waals surface area contributed by atoms with E-state index in [0.717, 1.165) is 11.1 Å². The van der Waals surface area contributed by atoms with E-state index in [1.165, 1.54) is 4.90 Å². The first-order valence-corrected chi connectivity index (χ1v) is 11.8. The largest absolute Gasteiger partial charge is 0.479 e. The molecule has 1 aliphatic heterocycles. The number of aliphatic carboxylic acids is 1. The van der Waals surface area contributed by atoms with E-state index in [1.807, 2.05) is 42.5 Å². The summed E-state index contributed by atoms with van der Waals surface area (Å²) in [7, 11) is 0. The molecule has 1 atom stereocenters. The van der Waals surface area contributed by atoms with E-state index in [1.54, 1.807) is 30.9 Å². The minimum atomic E-state index is -1.05. The van der Waals surface area contributed by atoms with Crippen LogP contribution in [-0.2, 0) is 9.53 Å². The normalized spacial score (nSPS) is 17.1. The van der Waals surface area contributed by atoms with Gasteiger partial charge < -0.3 is 14.7 Å². The van der Waals surface area contributed by atoms with Crippen molar-refractivity contribution in [1.29, 1.82) is 0 Å². The molecule has 2 fully saturated rings. The zero-order valence-corrected chi connectivity index (χ0v) is 20.0. The van der Waals surface area contributed by atoms with Crippen LogP contribution in [0.3, 0.4) is 0 Å². The maximum atomic E-state index is 12.9. The summed E-state index contributed by atoms with van der Waals surface area (Å²) in [6.45, 7) is 4.41. The quantitative estimate of drug-likeness (QED) is 0.447. The van der Waals surface area contributed by atoms with Gasteiger partial charge in [-0.3, -0.25) is 15.3 Å². The number of carboxylic acids is 1. The van der Waals surface area contributed by atoms with Crippen molar-refractivity contribution in [3.8, 4) is 11.3 Å². The van der Waals surface area contributed by atoms with E-state index in [-0.39, 0.29) is 6.03 Å². The summed E-state index contributed by atoms with van der Waals surface area (Å²) in [5, 5.41) is 19.6. The smallest absolute Gasteiger partial charge is 0.412 e. The Morgan fingerprint density at radius 1 is 1.11 bits per heavy atom. The van der Waals surface area contributed by atoms with E-state index in [9.17, 15) is 19.5 Å². The van der Waals surface area contributed by atoms with Crippen LogP contribution in [-0.4, -0.2) is 56.9 Å². The molecule has 1 unspecified atom stereocenters. The summed E-state index contributed by atoms with van der Waals surface area (Å²) in [6, 6.07) is 16.4. The van der Waals surface area contributed by atoms with E-state index in [2.05, 4.69) is 15.5 Å². The van der Waals surface area contributed by atoms with Gasteiger partial charge in [0.05, 0.1) is 11.4 Å². The standard InChI is InChI=1S/C26H27N5O5/c1-16-21(27-24(34)36-17(2)18-6-4-3-5-7-18)22(29-28-16)19-8-10-20(11-9-19)30-14-15-31(25(30)35)26(12-13-26)23(32)33/h3-11,17H,12-15H2,1-2H3,(H,27,34)(H,28,29)(H,32,33).